The molecule has 2 aromatic rings. The SMILES string of the molecule is C=CCN(c1nc(-c2ccccc2)cs1)S(=O)(=O)CBr. The van der Waals surface area contributed by atoms with E-state index in [2.05, 4.69) is 27.5 Å². The van der Waals surface area contributed by atoms with Gasteiger partial charge < -0.3 is 0 Å². The van der Waals surface area contributed by atoms with Crippen LogP contribution >= 0.6 is 27.3 Å². The lowest BCUT2D eigenvalue weighted by Gasteiger charge is -2.18. The van der Waals surface area contributed by atoms with E-state index in [0.717, 1.165) is 11.3 Å². The van der Waals surface area contributed by atoms with Crippen LogP contribution in [0.5, 0.6) is 0 Å². The highest BCUT2D eigenvalue weighted by molar-refractivity contribution is 9.10. The zero-order valence-corrected chi connectivity index (χ0v) is 13.8. The number of thiazole rings is 1. The van der Waals surface area contributed by atoms with Crippen molar-refractivity contribution in [1.29, 1.82) is 0 Å². The summed E-state index contributed by atoms with van der Waals surface area (Å²) in [5, 5.41) is 2.30. The predicted octanol–water partition coefficient (Wildman–Crippen LogP) is 3.48. The molecule has 0 aliphatic heterocycles. The van der Waals surface area contributed by atoms with E-state index in [1.165, 1.54) is 15.6 Å². The van der Waals surface area contributed by atoms with Gasteiger partial charge in [0.25, 0.3) is 0 Å². The van der Waals surface area contributed by atoms with Gasteiger partial charge in [-0.15, -0.1) is 17.9 Å². The Hall–Kier alpha value is -1.18. The molecule has 0 aliphatic rings. The molecule has 0 unspecified atom stereocenters. The lowest BCUT2D eigenvalue weighted by Crippen LogP contribution is -2.31. The molecule has 0 saturated carbocycles. The summed E-state index contributed by atoms with van der Waals surface area (Å²) in [6.45, 7) is 3.80. The Morgan fingerprint density at radius 2 is 2.05 bits per heavy atom. The van der Waals surface area contributed by atoms with Gasteiger partial charge in [0.15, 0.2) is 5.13 Å². The number of benzene rings is 1. The lowest BCUT2D eigenvalue weighted by molar-refractivity contribution is 0.598. The van der Waals surface area contributed by atoms with Gasteiger partial charge in [0.2, 0.25) is 10.0 Å². The number of rotatable bonds is 6. The van der Waals surface area contributed by atoms with Crippen molar-refractivity contribution in [3.8, 4) is 11.3 Å². The third kappa shape index (κ3) is 3.28. The highest BCUT2D eigenvalue weighted by atomic mass is 79.9. The minimum atomic E-state index is -3.42. The van der Waals surface area contributed by atoms with Crippen molar-refractivity contribution in [2.45, 2.75) is 0 Å². The second-order valence-corrected chi connectivity index (χ2v) is 7.96. The number of aromatic nitrogens is 1. The molecule has 1 aromatic heterocycles. The molecular formula is C13H13BrN2O2S2. The lowest BCUT2D eigenvalue weighted by atomic mass is 10.2. The van der Waals surface area contributed by atoms with Crippen LogP contribution in [0.4, 0.5) is 5.13 Å². The second kappa shape index (κ2) is 6.51. The normalized spacial score (nSPS) is 11.2. The van der Waals surface area contributed by atoms with Crippen LogP contribution in [0.15, 0.2) is 48.4 Å². The Bertz CT molecular complexity index is 683. The zero-order valence-electron chi connectivity index (χ0n) is 10.6. The summed E-state index contributed by atoms with van der Waals surface area (Å²) in [5.74, 6) is 0. The van der Waals surface area contributed by atoms with E-state index in [4.69, 9.17) is 0 Å². The first-order valence-electron chi connectivity index (χ1n) is 5.76. The van der Waals surface area contributed by atoms with Crippen LogP contribution in [0.25, 0.3) is 11.3 Å². The van der Waals surface area contributed by atoms with E-state index < -0.39 is 10.0 Å². The summed E-state index contributed by atoms with van der Waals surface area (Å²) in [7, 11) is -3.42. The maximum atomic E-state index is 12.0. The number of sulfonamides is 1. The summed E-state index contributed by atoms with van der Waals surface area (Å²) >= 11 is 4.31. The summed E-state index contributed by atoms with van der Waals surface area (Å²) in [4.78, 5) is 4.41. The molecule has 0 aliphatic carbocycles. The second-order valence-electron chi connectivity index (χ2n) is 3.92. The molecule has 0 saturated heterocycles. The van der Waals surface area contributed by atoms with E-state index in [9.17, 15) is 8.42 Å². The van der Waals surface area contributed by atoms with Gasteiger partial charge in [-0.25, -0.2) is 17.7 Å². The number of halogens is 1. The summed E-state index contributed by atoms with van der Waals surface area (Å²) in [5.41, 5.74) is 1.73. The zero-order chi connectivity index (χ0) is 14.6. The molecular weight excluding hydrogens is 360 g/mol. The first kappa shape index (κ1) is 15.2. The number of hydrogen-bond donors (Lipinski definition) is 0. The van der Waals surface area contributed by atoms with Crippen LogP contribution in [0.3, 0.4) is 0 Å². The largest absolute Gasteiger partial charge is 0.247 e. The molecule has 0 spiro atoms. The fourth-order valence-electron chi connectivity index (χ4n) is 1.61. The average Bonchev–Trinajstić information content (AvgIpc) is 2.95. The van der Waals surface area contributed by atoms with Crippen LogP contribution < -0.4 is 4.31 Å². The average molecular weight is 373 g/mol. The Morgan fingerprint density at radius 3 is 2.65 bits per heavy atom. The standard InChI is InChI=1S/C13H13BrN2O2S2/c1-2-8-16(20(17,18)10-14)13-15-12(9-19-13)11-6-4-3-5-7-11/h2-7,9H,1,8,10H2. The molecule has 0 fully saturated rings. The molecule has 106 valence electrons. The number of alkyl halides is 1. The van der Waals surface area contributed by atoms with Crippen LogP contribution in [-0.4, -0.2) is 24.6 Å². The van der Waals surface area contributed by atoms with Crippen molar-refractivity contribution in [2.75, 3.05) is 15.5 Å². The maximum Gasteiger partial charge on any atom is 0.247 e. The number of hydrogen-bond acceptors (Lipinski definition) is 4. The van der Waals surface area contributed by atoms with E-state index >= 15 is 0 Å². The Kier molecular flexibility index (Phi) is 4.95. The van der Waals surface area contributed by atoms with Gasteiger partial charge in [-0.3, -0.25) is 0 Å². The van der Waals surface area contributed by atoms with Crippen molar-refractivity contribution >= 4 is 42.4 Å². The monoisotopic (exact) mass is 372 g/mol. The number of anilines is 1. The first-order chi connectivity index (χ1) is 9.58. The van der Waals surface area contributed by atoms with Gasteiger partial charge in [0.05, 0.1) is 12.2 Å². The topological polar surface area (TPSA) is 50.3 Å². The molecule has 0 bridgehead atoms. The van der Waals surface area contributed by atoms with Crippen LogP contribution in [0.1, 0.15) is 0 Å². The minimum Gasteiger partial charge on any atom is -0.240 e. The molecule has 1 heterocycles. The van der Waals surface area contributed by atoms with E-state index in [0.29, 0.717) is 5.13 Å². The molecule has 4 nitrogen and oxygen atoms in total. The van der Waals surface area contributed by atoms with E-state index in [1.54, 1.807) is 6.08 Å². The van der Waals surface area contributed by atoms with Gasteiger partial charge in [-0.05, 0) is 0 Å². The van der Waals surface area contributed by atoms with Crippen molar-refractivity contribution in [3.05, 3.63) is 48.4 Å². The molecule has 7 heteroatoms. The quantitative estimate of drug-likeness (QED) is 0.575. The predicted molar refractivity (Wildman–Crippen MR) is 87.8 cm³/mol. The number of nitrogens with zero attached hydrogens (tertiary/aromatic N) is 2. The summed E-state index contributed by atoms with van der Waals surface area (Å²) in [6.07, 6.45) is 1.55. The first-order valence-corrected chi connectivity index (χ1v) is 9.37. The summed E-state index contributed by atoms with van der Waals surface area (Å²) in [6, 6.07) is 9.65. The van der Waals surface area contributed by atoms with Gasteiger partial charge in [-0.2, -0.15) is 0 Å². The highest BCUT2D eigenvalue weighted by Crippen LogP contribution is 2.29. The van der Waals surface area contributed by atoms with Crippen molar-refractivity contribution < 1.29 is 8.42 Å². The molecule has 0 atom stereocenters. The van der Waals surface area contributed by atoms with Crippen LogP contribution in [0, 0.1) is 0 Å². The van der Waals surface area contributed by atoms with Crippen LogP contribution in [-0.2, 0) is 10.0 Å². The van der Waals surface area contributed by atoms with Crippen molar-refractivity contribution in [2.24, 2.45) is 0 Å². The third-order valence-electron chi connectivity index (χ3n) is 2.54. The van der Waals surface area contributed by atoms with Gasteiger partial charge >= 0.3 is 0 Å². The molecule has 1 aromatic carbocycles. The minimum absolute atomic E-state index is 0.145. The van der Waals surface area contributed by atoms with Crippen molar-refractivity contribution in [1.82, 2.24) is 4.98 Å². The highest BCUT2D eigenvalue weighted by Gasteiger charge is 2.23. The maximum absolute atomic E-state index is 12.0. The molecule has 2 rings (SSSR count). The third-order valence-corrected chi connectivity index (χ3v) is 6.53. The Balaban J connectivity index is 2.37. The van der Waals surface area contributed by atoms with Gasteiger partial charge in [-0.1, -0.05) is 52.3 Å². The van der Waals surface area contributed by atoms with Crippen molar-refractivity contribution in [3.63, 3.8) is 0 Å². The molecule has 0 N–H and O–H groups in total. The summed E-state index contributed by atoms with van der Waals surface area (Å²) < 4.78 is 25.2. The van der Waals surface area contributed by atoms with Crippen LogP contribution in [0.2, 0.25) is 0 Å². The van der Waals surface area contributed by atoms with E-state index in [1.807, 2.05) is 35.7 Å². The van der Waals surface area contributed by atoms with E-state index in [-0.39, 0.29) is 11.2 Å². The molecule has 0 amide bonds. The fourth-order valence-corrected chi connectivity index (χ4v) is 4.30. The smallest absolute Gasteiger partial charge is 0.240 e. The van der Waals surface area contributed by atoms with Gasteiger partial charge in [0.1, 0.15) is 4.66 Å². The van der Waals surface area contributed by atoms with Gasteiger partial charge in [0, 0.05) is 10.9 Å². The molecule has 0 radical (unpaired) electrons. The Morgan fingerprint density at radius 1 is 1.35 bits per heavy atom. The fraction of sp³-hybridized carbons (Fsp3) is 0.154. The molecule has 20 heavy (non-hydrogen) atoms. The Labute approximate surface area is 131 Å².